The number of hydrogen-bond donors (Lipinski definition) is 1. The quantitative estimate of drug-likeness (QED) is 0.476. The van der Waals surface area contributed by atoms with Crippen molar-refractivity contribution in [3.8, 4) is 5.75 Å². The first-order valence-electron chi connectivity index (χ1n) is 8.75. The SMILES string of the molecule is Cc1cc(Br)cc(C)c1NC(=O)COc1ccc(/C=C2/SC(=S)N(C)C2=O)cc1. The highest BCUT2D eigenvalue weighted by Crippen LogP contribution is 2.31. The third-order valence-corrected chi connectivity index (χ3v) is 6.24. The van der Waals surface area contributed by atoms with Gasteiger partial charge in [-0.05, 0) is 60.9 Å². The molecule has 2 aromatic rings. The molecule has 1 heterocycles. The van der Waals surface area contributed by atoms with Crippen molar-refractivity contribution in [2.75, 3.05) is 19.0 Å². The van der Waals surface area contributed by atoms with Crippen molar-refractivity contribution in [2.45, 2.75) is 13.8 Å². The normalized spacial score (nSPS) is 15.2. The third kappa shape index (κ3) is 5.26. The standard InChI is InChI=1S/C21H19BrN2O3S2/c1-12-8-15(22)9-13(2)19(12)23-18(25)11-27-16-6-4-14(5-7-16)10-17-20(26)24(3)21(28)29-17/h4-10H,11H2,1-3H3,(H,23,25)/b17-10+. The highest BCUT2D eigenvalue weighted by atomic mass is 79.9. The van der Waals surface area contributed by atoms with E-state index in [0.717, 1.165) is 26.9 Å². The van der Waals surface area contributed by atoms with Crippen LogP contribution in [-0.2, 0) is 9.59 Å². The van der Waals surface area contributed by atoms with Crippen LogP contribution >= 0.6 is 39.9 Å². The van der Waals surface area contributed by atoms with Crippen LogP contribution in [0.2, 0.25) is 0 Å². The number of nitrogens with one attached hydrogen (secondary N) is 1. The van der Waals surface area contributed by atoms with Crippen LogP contribution in [0.3, 0.4) is 0 Å². The maximum Gasteiger partial charge on any atom is 0.265 e. The predicted molar refractivity (Wildman–Crippen MR) is 125 cm³/mol. The lowest BCUT2D eigenvalue weighted by Gasteiger charge is -2.13. The molecule has 0 aliphatic carbocycles. The van der Waals surface area contributed by atoms with Gasteiger partial charge in [0.25, 0.3) is 11.8 Å². The molecule has 5 nitrogen and oxygen atoms in total. The Kier molecular flexibility index (Phi) is 6.77. The minimum absolute atomic E-state index is 0.0945. The molecule has 0 radical (unpaired) electrons. The van der Waals surface area contributed by atoms with Gasteiger partial charge in [0.2, 0.25) is 0 Å². The monoisotopic (exact) mass is 490 g/mol. The molecule has 0 atom stereocenters. The number of thioether (sulfide) groups is 1. The van der Waals surface area contributed by atoms with Crippen LogP contribution in [0.15, 0.2) is 45.8 Å². The van der Waals surface area contributed by atoms with E-state index in [-0.39, 0.29) is 18.4 Å². The van der Waals surface area contributed by atoms with E-state index in [1.807, 2.05) is 38.1 Å². The first-order valence-corrected chi connectivity index (χ1v) is 10.8. The molecule has 0 spiro atoms. The summed E-state index contributed by atoms with van der Waals surface area (Å²) in [5, 5.41) is 2.90. The molecule has 3 rings (SSSR count). The number of anilines is 1. The Hall–Kier alpha value is -2.16. The van der Waals surface area contributed by atoms with Crippen LogP contribution in [0, 0.1) is 13.8 Å². The van der Waals surface area contributed by atoms with Gasteiger partial charge in [-0.2, -0.15) is 0 Å². The summed E-state index contributed by atoms with van der Waals surface area (Å²) in [6.45, 7) is 3.79. The van der Waals surface area contributed by atoms with Crippen molar-refractivity contribution in [1.29, 1.82) is 0 Å². The maximum atomic E-state index is 12.3. The van der Waals surface area contributed by atoms with Crippen LogP contribution in [0.5, 0.6) is 5.75 Å². The summed E-state index contributed by atoms with van der Waals surface area (Å²) in [4.78, 5) is 26.4. The van der Waals surface area contributed by atoms with E-state index in [4.69, 9.17) is 17.0 Å². The molecule has 150 valence electrons. The summed E-state index contributed by atoms with van der Waals surface area (Å²) in [6.07, 6.45) is 1.79. The van der Waals surface area contributed by atoms with Crippen LogP contribution in [0.1, 0.15) is 16.7 Å². The molecular weight excluding hydrogens is 472 g/mol. The van der Waals surface area contributed by atoms with Crippen LogP contribution in [0.25, 0.3) is 6.08 Å². The lowest BCUT2D eigenvalue weighted by atomic mass is 10.1. The topological polar surface area (TPSA) is 58.6 Å². The molecule has 8 heteroatoms. The zero-order valence-electron chi connectivity index (χ0n) is 16.1. The molecule has 0 saturated carbocycles. The second-order valence-corrected chi connectivity index (χ2v) is 9.15. The number of hydrogen-bond acceptors (Lipinski definition) is 5. The average Bonchev–Trinajstić information content (AvgIpc) is 2.91. The van der Waals surface area contributed by atoms with Crippen molar-refractivity contribution in [2.24, 2.45) is 0 Å². The van der Waals surface area contributed by atoms with Gasteiger partial charge >= 0.3 is 0 Å². The predicted octanol–water partition coefficient (Wildman–Crippen LogP) is 4.91. The average molecular weight is 491 g/mol. The Morgan fingerprint density at radius 1 is 1.24 bits per heavy atom. The molecule has 29 heavy (non-hydrogen) atoms. The number of rotatable bonds is 5. The van der Waals surface area contributed by atoms with Gasteiger partial charge in [-0.1, -0.05) is 52.0 Å². The molecule has 0 bridgehead atoms. The fourth-order valence-electron chi connectivity index (χ4n) is 2.79. The molecule has 1 N–H and O–H groups in total. The molecular formula is C21H19BrN2O3S2. The molecule has 1 aliphatic rings. The Morgan fingerprint density at radius 3 is 2.41 bits per heavy atom. The van der Waals surface area contributed by atoms with Gasteiger partial charge in [0, 0.05) is 17.2 Å². The van der Waals surface area contributed by atoms with Crippen LogP contribution in [-0.4, -0.2) is 34.7 Å². The van der Waals surface area contributed by atoms with Gasteiger partial charge in [0.05, 0.1) is 4.91 Å². The number of amides is 2. The van der Waals surface area contributed by atoms with E-state index in [0.29, 0.717) is 15.0 Å². The molecule has 1 fully saturated rings. The van der Waals surface area contributed by atoms with Crippen molar-refractivity contribution in [3.63, 3.8) is 0 Å². The van der Waals surface area contributed by atoms with Gasteiger partial charge in [0.1, 0.15) is 10.1 Å². The summed E-state index contributed by atoms with van der Waals surface area (Å²) in [7, 11) is 1.66. The van der Waals surface area contributed by atoms with E-state index < -0.39 is 0 Å². The van der Waals surface area contributed by atoms with Gasteiger partial charge in [0.15, 0.2) is 6.61 Å². The summed E-state index contributed by atoms with van der Waals surface area (Å²) in [6, 6.07) is 11.1. The molecule has 2 amide bonds. The zero-order chi connectivity index (χ0) is 21.1. The molecule has 1 aliphatic heterocycles. The van der Waals surface area contributed by atoms with Crippen molar-refractivity contribution in [1.82, 2.24) is 4.90 Å². The fraction of sp³-hybridized carbons (Fsp3) is 0.190. The summed E-state index contributed by atoms with van der Waals surface area (Å²) in [5.41, 5.74) is 3.61. The van der Waals surface area contributed by atoms with Gasteiger partial charge < -0.3 is 10.1 Å². The minimum Gasteiger partial charge on any atom is -0.484 e. The zero-order valence-corrected chi connectivity index (χ0v) is 19.3. The number of carbonyl (C=O) groups is 2. The lowest BCUT2D eigenvalue weighted by molar-refractivity contribution is -0.121. The number of thiocarbonyl (C=S) groups is 1. The van der Waals surface area contributed by atoms with Crippen LogP contribution in [0.4, 0.5) is 5.69 Å². The van der Waals surface area contributed by atoms with E-state index in [9.17, 15) is 9.59 Å². The van der Waals surface area contributed by atoms with Crippen molar-refractivity contribution < 1.29 is 14.3 Å². The van der Waals surface area contributed by atoms with E-state index in [1.54, 1.807) is 25.3 Å². The van der Waals surface area contributed by atoms with Crippen molar-refractivity contribution >= 4 is 67.8 Å². The number of likely N-dealkylation sites (N-methyl/N-ethyl adjacent to an activating group) is 1. The Morgan fingerprint density at radius 2 is 1.86 bits per heavy atom. The van der Waals surface area contributed by atoms with E-state index in [2.05, 4.69) is 21.2 Å². The Labute approximate surface area is 187 Å². The molecule has 0 unspecified atom stereocenters. The van der Waals surface area contributed by atoms with Gasteiger partial charge in [-0.15, -0.1) is 0 Å². The van der Waals surface area contributed by atoms with E-state index in [1.165, 1.54) is 16.7 Å². The first kappa shape index (κ1) is 21.5. The Bertz CT molecular complexity index is 996. The number of aryl methyl sites for hydroxylation is 2. The summed E-state index contributed by atoms with van der Waals surface area (Å²) in [5.74, 6) is 0.245. The van der Waals surface area contributed by atoms with E-state index >= 15 is 0 Å². The maximum absolute atomic E-state index is 12.3. The second-order valence-electron chi connectivity index (χ2n) is 6.56. The number of benzene rings is 2. The Balaban J connectivity index is 1.59. The first-order chi connectivity index (χ1) is 13.7. The van der Waals surface area contributed by atoms with Gasteiger partial charge in [-0.25, -0.2) is 0 Å². The summed E-state index contributed by atoms with van der Waals surface area (Å²) >= 11 is 9.86. The fourth-order valence-corrected chi connectivity index (χ4v) is 4.66. The summed E-state index contributed by atoms with van der Waals surface area (Å²) < 4.78 is 7.10. The minimum atomic E-state index is -0.228. The highest BCUT2D eigenvalue weighted by Gasteiger charge is 2.28. The number of carbonyl (C=O) groups excluding carboxylic acids is 2. The number of ether oxygens (including phenoxy) is 1. The smallest absolute Gasteiger partial charge is 0.265 e. The molecule has 2 aromatic carbocycles. The largest absolute Gasteiger partial charge is 0.484 e. The van der Waals surface area contributed by atoms with Crippen LogP contribution < -0.4 is 10.1 Å². The molecule has 0 aromatic heterocycles. The van der Waals surface area contributed by atoms with Gasteiger partial charge in [-0.3, -0.25) is 14.5 Å². The third-order valence-electron chi connectivity index (χ3n) is 4.30. The molecule has 1 saturated heterocycles. The number of halogens is 1. The lowest BCUT2D eigenvalue weighted by Crippen LogP contribution is -2.22. The van der Waals surface area contributed by atoms with Crippen molar-refractivity contribution in [3.05, 3.63) is 62.5 Å². The highest BCUT2D eigenvalue weighted by molar-refractivity contribution is 9.10. The number of nitrogens with zero attached hydrogens (tertiary/aromatic N) is 1. The second kappa shape index (κ2) is 9.11.